The maximum Gasteiger partial charge on any atom is 0.312 e. The Morgan fingerprint density at radius 2 is 2.05 bits per heavy atom. The van der Waals surface area contributed by atoms with Crippen LogP contribution in [0.5, 0.6) is 0 Å². The second-order valence-electron chi connectivity index (χ2n) is 4.83. The summed E-state index contributed by atoms with van der Waals surface area (Å²) in [6.07, 6.45) is 0.743. The number of carbonyl (C=O) groups is 2. The van der Waals surface area contributed by atoms with Crippen LogP contribution in [0.1, 0.15) is 25.8 Å². The minimum atomic E-state index is -0.715. The molecule has 0 unspecified atom stereocenters. The van der Waals surface area contributed by atoms with Gasteiger partial charge in [-0.1, -0.05) is 37.9 Å². The van der Waals surface area contributed by atoms with E-state index in [2.05, 4.69) is 10.6 Å². The van der Waals surface area contributed by atoms with Gasteiger partial charge in [-0.05, 0) is 30.5 Å². The summed E-state index contributed by atoms with van der Waals surface area (Å²) in [4.78, 5) is 23.2. The molecule has 5 nitrogen and oxygen atoms in total. The van der Waals surface area contributed by atoms with Crippen molar-refractivity contribution in [3.05, 3.63) is 28.8 Å². The zero-order valence-electron chi connectivity index (χ0n) is 11.9. The third-order valence-electron chi connectivity index (χ3n) is 3.23. The van der Waals surface area contributed by atoms with Crippen LogP contribution in [0.4, 0.5) is 10.5 Å². The first-order valence-corrected chi connectivity index (χ1v) is 6.86. The van der Waals surface area contributed by atoms with Gasteiger partial charge in [-0.15, -0.1) is 0 Å². The fourth-order valence-electron chi connectivity index (χ4n) is 1.75. The molecule has 110 valence electrons. The van der Waals surface area contributed by atoms with Crippen molar-refractivity contribution in [3.63, 3.8) is 0 Å². The number of hydrogen-bond donors (Lipinski definition) is 3. The molecule has 0 bridgehead atoms. The van der Waals surface area contributed by atoms with Crippen LogP contribution in [0, 0.1) is 12.8 Å². The van der Waals surface area contributed by atoms with E-state index in [-0.39, 0.29) is 11.8 Å². The van der Waals surface area contributed by atoms with E-state index >= 15 is 0 Å². The Morgan fingerprint density at radius 3 is 2.55 bits per heavy atom. The minimum absolute atomic E-state index is 0.0246. The number of nitrogens with one attached hydrogen (secondary N) is 2. The number of rotatable bonds is 5. The molecule has 1 aromatic rings. The van der Waals surface area contributed by atoms with E-state index in [9.17, 15) is 9.59 Å². The molecule has 0 aliphatic heterocycles. The fraction of sp³-hybridized carbons (Fsp3) is 0.429. The molecule has 0 saturated carbocycles. The van der Waals surface area contributed by atoms with Gasteiger partial charge < -0.3 is 16.4 Å². The monoisotopic (exact) mass is 297 g/mol. The number of anilines is 1. The van der Waals surface area contributed by atoms with Crippen LogP contribution < -0.4 is 16.4 Å². The molecule has 0 radical (unpaired) electrons. The molecule has 2 atom stereocenters. The van der Waals surface area contributed by atoms with E-state index in [1.807, 2.05) is 26.8 Å². The predicted octanol–water partition coefficient (Wildman–Crippen LogP) is 2.67. The number of amides is 3. The van der Waals surface area contributed by atoms with Gasteiger partial charge >= 0.3 is 6.03 Å². The number of benzene rings is 1. The highest BCUT2D eigenvalue weighted by atomic mass is 35.5. The predicted molar refractivity (Wildman–Crippen MR) is 80.8 cm³/mol. The van der Waals surface area contributed by atoms with Crippen molar-refractivity contribution in [3.8, 4) is 0 Å². The number of aryl methyl sites for hydroxylation is 1. The Morgan fingerprint density at radius 1 is 1.40 bits per heavy atom. The molecule has 0 spiro atoms. The SMILES string of the molecule is CC[C@H](C)[C@H](NC(N)=O)C(=O)Nc1ccc(C)c(Cl)c1. The molecule has 1 aromatic carbocycles. The van der Waals surface area contributed by atoms with Crippen molar-refractivity contribution in [2.75, 3.05) is 5.32 Å². The van der Waals surface area contributed by atoms with Crippen LogP contribution in [-0.2, 0) is 4.79 Å². The average molecular weight is 298 g/mol. The van der Waals surface area contributed by atoms with Crippen LogP contribution in [-0.4, -0.2) is 18.0 Å². The van der Waals surface area contributed by atoms with Crippen LogP contribution in [0.3, 0.4) is 0 Å². The quantitative estimate of drug-likeness (QED) is 0.780. The van der Waals surface area contributed by atoms with E-state index in [0.717, 1.165) is 12.0 Å². The van der Waals surface area contributed by atoms with Gasteiger partial charge in [0.25, 0.3) is 0 Å². The van der Waals surface area contributed by atoms with Crippen LogP contribution in [0.15, 0.2) is 18.2 Å². The smallest absolute Gasteiger partial charge is 0.312 e. The van der Waals surface area contributed by atoms with E-state index in [1.165, 1.54) is 0 Å². The van der Waals surface area contributed by atoms with E-state index < -0.39 is 12.1 Å². The maximum absolute atomic E-state index is 12.2. The number of hydrogen-bond acceptors (Lipinski definition) is 2. The van der Waals surface area contributed by atoms with E-state index in [0.29, 0.717) is 10.7 Å². The van der Waals surface area contributed by atoms with Gasteiger partial charge in [0.2, 0.25) is 5.91 Å². The van der Waals surface area contributed by atoms with Crippen LogP contribution >= 0.6 is 11.6 Å². The van der Waals surface area contributed by atoms with Gasteiger partial charge in [0.15, 0.2) is 0 Å². The highest BCUT2D eigenvalue weighted by Gasteiger charge is 2.25. The number of halogens is 1. The summed E-state index contributed by atoms with van der Waals surface area (Å²) in [5.74, 6) is -0.332. The third-order valence-corrected chi connectivity index (χ3v) is 3.64. The Balaban J connectivity index is 2.84. The van der Waals surface area contributed by atoms with Gasteiger partial charge in [-0.25, -0.2) is 4.79 Å². The normalized spacial score (nSPS) is 13.4. The van der Waals surface area contributed by atoms with Crippen molar-refractivity contribution in [2.24, 2.45) is 11.7 Å². The first-order valence-electron chi connectivity index (χ1n) is 6.48. The molecule has 0 heterocycles. The van der Waals surface area contributed by atoms with Crippen LogP contribution in [0.2, 0.25) is 5.02 Å². The average Bonchev–Trinajstić information content (AvgIpc) is 2.39. The van der Waals surface area contributed by atoms with Crippen LogP contribution in [0.25, 0.3) is 0 Å². The minimum Gasteiger partial charge on any atom is -0.352 e. The summed E-state index contributed by atoms with van der Waals surface area (Å²) in [5.41, 5.74) is 6.63. The van der Waals surface area contributed by atoms with Crippen molar-refractivity contribution in [1.29, 1.82) is 0 Å². The first-order chi connectivity index (χ1) is 9.35. The number of urea groups is 1. The summed E-state index contributed by atoms with van der Waals surface area (Å²) in [5, 5.41) is 5.78. The van der Waals surface area contributed by atoms with Crippen molar-refractivity contribution < 1.29 is 9.59 Å². The lowest BCUT2D eigenvalue weighted by atomic mass is 9.98. The van der Waals surface area contributed by atoms with Gasteiger partial charge in [-0.3, -0.25) is 4.79 Å². The molecule has 0 aliphatic carbocycles. The second-order valence-corrected chi connectivity index (χ2v) is 5.23. The van der Waals surface area contributed by atoms with Crippen molar-refractivity contribution in [2.45, 2.75) is 33.2 Å². The molecule has 3 amide bonds. The molecule has 20 heavy (non-hydrogen) atoms. The van der Waals surface area contributed by atoms with E-state index in [1.54, 1.807) is 12.1 Å². The standard InChI is InChI=1S/C14H20ClN3O2/c1-4-8(2)12(18-14(16)20)13(19)17-10-6-5-9(3)11(15)7-10/h5-8,12H,4H2,1-3H3,(H,17,19)(H3,16,18,20)/t8-,12-/m0/s1. The number of carbonyl (C=O) groups excluding carboxylic acids is 2. The molecular formula is C14H20ClN3O2. The van der Waals surface area contributed by atoms with Crippen molar-refractivity contribution >= 4 is 29.2 Å². The Labute approximate surface area is 123 Å². The summed E-state index contributed by atoms with van der Waals surface area (Å²) in [7, 11) is 0. The molecule has 0 fully saturated rings. The third kappa shape index (κ3) is 4.42. The van der Waals surface area contributed by atoms with Gasteiger partial charge in [-0.2, -0.15) is 0 Å². The molecule has 4 N–H and O–H groups in total. The number of nitrogens with two attached hydrogens (primary N) is 1. The highest BCUT2D eigenvalue weighted by Crippen LogP contribution is 2.20. The molecule has 6 heteroatoms. The Kier molecular flexibility index (Phi) is 5.82. The molecule has 0 aliphatic rings. The molecule has 1 rings (SSSR count). The van der Waals surface area contributed by atoms with Gasteiger partial charge in [0.05, 0.1) is 0 Å². The largest absolute Gasteiger partial charge is 0.352 e. The topological polar surface area (TPSA) is 84.2 Å². The fourth-order valence-corrected chi connectivity index (χ4v) is 1.93. The second kappa shape index (κ2) is 7.14. The summed E-state index contributed by atoms with van der Waals surface area (Å²) < 4.78 is 0. The summed E-state index contributed by atoms with van der Waals surface area (Å²) in [6, 6.07) is 3.87. The number of primary amides is 1. The van der Waals surface area contributed by atoms with Gasteiger partial charge in [0, 0.05) is 10.7 Å². The maximum atomic E-state index is 12.2. The molecule has 0 saturated heterocycles. The summed E-state index contributed by atoms with van der Waals surface area (Å²) >= 11 is 6.01. The Bertz CT molecular complexity index is 505. The lowest BCUT2D eigenvalue weighted by Crippen LogP contribution is -2.49. The zero-order chi connectivity index (χ0) is 15.3. The lowest BCUT2D eigenvalue weighted by molar-refractivity contribution is -0.119. The van der Waals surface area contributed by atoms with Crippen molar-refractivity contribution in [1.82, 2.24) is 5.32 Å². The van der Waals surface area contributed by atoms with Gasteiger partial charge in [0.1, 0.15) is 6.04 Å². The first kappa shape index (κ1) is 16.3. The Hall–Kier alpha value is -1.75. The lowest BCUT2D eigenvalue weighted by Gasteiger charge is -2.22. The summed E-state index contributed by atoms with van der Waals surface area (Å²) in [6.45, 7) is 5.70. The zero-order valence-corrected chi connectivity index (χ0v) is 12.6. The molecule has 0 aromatic heterocycles. The highest BCUT2D eigenvalue weighted by molar-refractivity contribution is 6.31. The molecular weight excluding hydrogens is 278 g/mol. The van der Waals surface area contributed by atoms with E-state index in [4.69, 9.17) is 17.3 Å².